The van der Waals surface area contributed by atoms with Gasteiger partial charge < -0.3 is 10.0 Å². The lowest BCUT2D eigenvalue weighted by Crippen LogP contribution is -2.43. The van der Waals surface area contributed by atoms with Crippen LogP contribution in [0, 0.1) is 5.41 Å². The smallest absolute Gasteiger partial charge is 0.332 e. The van der Waals surface area contributed by atoms with Crippen LogP contribution in [0.25, 0.3) is 0 Å². The van der Waals surface area contributed by atoms with E-state index in [-0.39, 0.29) is 17.4 Å². The Bertz CT molecular complexity index is 416. The van der Waals surface area contributed by atoms with Crippen molar-refractivity contribution in [2.45, 2.75) is 66.3 Å². The number of nitrogens with zero attached hydrogens (tertiary/aromatic N) is 1. The Labute approximate surface area is 121 Å². The second kappa shape index (κ2) is 6.42. The first kappa shape index (κ1) is 16.7. The molecule has 0 unspecified atom stereocenters. The highest BCUT2D eigenvalue weighted by Crippen LogP contribution is 2.28. The summed E-state index contributed by atoms with van der Waals surface area (Å²) >= 11 is 0. The fraction of sp³-hybridized carbons (Fsp3) is 0.750. The topological polar surface area (TPSA) is 57.6 Å². The molecule has 0 aromatic carbocycles. The van der Waals surface area contributed by atoms with Gasteiger partial charge in [0.2, 0.25) is 0 Å². The summed E-state index contributed by atoms with van der Waals surface area (Å²) in [6, 6.07) is 0.0752. The Hall–Kier alpha value is -1.32. The molecule has 4 nitrogen and oxygen atoms in total. The van der Waals surface area contributed by atoms with Crippen LogP contribution in [0.5, 0.6) is 0 Å². The van der Waals surface area contributed by atoms with Gasteiger partial charge in [-0.05, 0) is 44.9 Å². The third kappa shape index (κ3) is 4.36. The quantitative estimate of drug-likeness (QED) is 0.860. The van der Waals surface area contributed by atoms with Gasteiger partial charge >= 0.3 is 5.97 Å². The highest BCUT2D eigenvalue weighted by molar-refractivity contribution is 6.02. The average molecular weight is 281 g/mol. The minimum atomic E-state index is -0.937. The molecule has 0 atom stereocenters. The Morgan fingerprint density at radius 1 is 1.15 bits per heavy atom. The molecule has 0 aromatic rings. The zero-order valence-electron chi connectivity index (χ0n) is 13.3. The van der Waals surface area contributed by atoms with E-state index in [0.29, 0.717) is 30.5 Å². The number of carboxylic acid groups (broad SMARTS) is 1. The molecule has 1 amide bonds. The largest absolute Gasteiger partial charge is 0.478 e. The van der Waals surface area contributed by atoms with E-state index in [9.17, 15) is 14.7 Å². The number of hydrogen-bond donors (Lipinski definition) is 1. The number of aliphatic carboxylic acids is 1. The summed E-state index contributed by atoms with van der Waals surface area (Å²) in [7, 11) is 0. The molecule has 0 fully saturated rings. The van der Waals surface area contributed by atoms with Crippen molar-refractivity contribution in [3.8, 4) is 0 Å². The van der Waals surface area contributed by atoms with Crippen molar-refractivity contribution in [3.63, 3.8) is 0 Å². The Morgan fingerprint density at radius 3 is 2.05 bits per heavy atom. The van der Waals surface area contributed by atoms with Crippen molar-refractivity contribution in [1.82, 2.24) is 4.90 Å². The maximum atomic E-state index is 12.7. The molecule has 0 aliphatic heterocycles. The monoisotopic (exact) mass is 281 g/mol. The van der Waals surface area contributed by atoms with Gasteiger partial charge in [0, 0.05) is 23.7 Å². The summed E-state index contributed by atoms with van der Waals surface area (Å²) in [5.74, 6) is -1.03. The minimum Gasteiger partial charge on any atom is -0.478 e. The molecule has 1 rings (SSSR count). The molecule has 4 heteroatoms. The highest BCUT2D eigenvalue weighted by atomic mass is 16.4. The number of carbonyl (C=O) groups excluding carboxylic acids is 1. The minimum absolute atomic E-state index is 0.00144. The number of carboxylic acids is 1. The van der Waals surface area contributed by atoms with E-state index in [1.165, 1.54) is 0 Å². The van der Waals surface area contributed by atoms with Crippen LogP contribution in [0.3, 0.4) is 0 Å². The van der Waals surface area contributed by atoms with Crippen LogP contribution >= 0.6 is 0 Å². The second-order valence-corrected chi connectivity index (χ2v) is 7.06. The Morgan fingerprint density at radius 2 is 1.65 bits per heavy atom. The van der Waals surface area contributed by atoms with Gasteiger partial charge in [0.05, 0.1) is 0 Å². The van der Waals surface area contributed by atoms with Crippen LogP contribution in [0.15, 0.2) is 11.1 Å². The van der Waals surface area contributed by atoms with Crippen molar-refractivity contribution in [2.75, 3.05) is 6.54 Å². The van der Waals surface area contributed by atoms with Crippen LogP contribution in [-0.4, -0.2) is 34.5 Å². The highest BCUT2D eigenvalue weighted by Gasteiger charge is 2.30. The molecule has 20 heavy (non-hydrogen) atoms. The summed E-state index contributed by atoms with van der Waals surface area (Å²) in [6.45, 7) is 10.9. The van der Waals surface area contributed by atoms with E-state index in [0.717, 1.165) is 12.8 Å². The lowest BCUT2D eigenvalue weighted by Gasteiger charge is -2.34. The van der Waals surface area contributed by atoms with Gasteiger partial charge in [-0.25, -0.2) is 4.79 Å². The normalized spacial score (nSPS) is 16.5. The molecule has 1 N–H and O–H groups in total. The summed E-state index contributed by atoms with van der Waals surface area (Å²) in [4.78, 5) is 25.9. The summed E-state index contributed by atoms with van der Waals surface area (Å²) in [6.07, 6.45) is 2.87. The van der Waals surface area contributed by atoms with Gasteiger partial charge in [-0.15, -0.1) is 0 Å². The van der Waals surface area contributed by atoms with E-state index in [4.69, 9.17) is 0 Å². The number of amides is 1. The molecular weight excluding hydrogens is 254 g/mol. The lowest BCUT2D eigenvalue weighted by molar-refractivity contribution is -0.135. The second-order valence-electron chi connectivity index (χ2n) is 7.06. The van der Waals surface area contributed by atoms with Gasteiger partial charge in [-0.1, -0.05) is 20.8 Å². The molecule has 1 aliphatic carbocycles. The Balaban J connectivity index is 3.07. The predicted octanol–water partition coefficient (Wildman–Crippen LogP) is 3.22. The standard InChI is InChI=1S/C16H27NO3/c1-11(2)17(10-16(3,4)5)14(18)12-8-6-7-9-13(12)15(19)20/h11H,6-10H2,1-5H3,(H,19,20). The van der Waals surface area contributed by atoms with Gasteiger partial charge in [-0.2, -0.15) is 0 Å². The molecule has 0 heterocycles. The Kier molecular flexibility index (Phi) is 5.37. The van der Waals surface area contributed by atoms with E-state index < -0.39 is 5.97 Å². The maximum absolute atomic E-state index is 12.7. The number of carbonyl (C=O) groups is 2. The van der Waals surface area contributed by atoms with Gasteiger partial charge in [0.15, 0.2) is 0 Å². The first-order valence-electron chi connectivity index (χ1n) is 7.40. The van der Waals surface area contributed by atoms with Crippen LogP contribution in [0.1, 0.15) is 60.3 Å². The molecule has 0 saturated heterocycles. The third-order valence-corrected chi connectivity index (χ3v) is 3.51. The fourth-order valence-electron chi connectivity index (χ4n) is 2.55. The van der Waals surface area contributed by atoms with Gasteiger partial charge in [0.1, 0.15) is 0 Å². The fourth-order valence-corrected chi connectivity index (χ4v) is 2.55. The van der Waals surface area contributed by atoms with E-state index in [2.05, 4.69) is 20.8 Å². The molecule has 0 aromatic heterocycles. The van der Waals surface area contributed by atoms with Crippen LogP contribution in [-0.2, 0) is 9.59 Å². The van der Waals surface area contributed by atoms with Gasteiger partial charge in [0.25, 0.3) is 5.91 Å². The van der Waals surface area contributed by atoms with E-state index in [1.54, 1.807) is 0 Å². The van der Waals surface area contributed by atoms with Crippen LogP contribution in [0.2, 0.25) is 0 Å². The van der Waals surface area contributed by atoms with E-state index >= 15 is 0 Å². The SMILES string of the molecule is CC(C)N(CC(C)(C)C)C(=O)C1=C(C(=O)O)CCCC1. The predicted molar refractivity (Wildman–Crippen MR) is 79.4 cm³/mol. The molecule has 1 aliphatic rings. The van der Waals surface area contributed by atoms with E-state index in [1.807, 2.05) is 18.7 Å². The first-order valence-corrected chi connectivity index (χ1v) is 7.40. The number of rotatable bonds is 4. The van der Waals surface area contributed by atoms with Crippen molar-refractivity contribution >= 4 is 11.9 Å². The molecule has 0 radical (unpaired) electrons. The molecule has 114 valence electrons. The van der Waals surface area contributed by atoms with Crippen molar-refractivity contribution in [3.05, 3.63) is 11.1 Å². The molecule has 0 saturated carbocycles. The summed E-state index contributed by atoms with van der Waals surface area (Å²) in [5.41, 5.74) is 0.834. The average Bonchev–Trinajstić information content (AvgIpc) is 2.33. The van der Waals surface area contributed by atoms with Gasteiger partial charge in [-0.3, -0.25) is 4.79 Å². The lowest BCUT2D eigenvalue weighted by atomic mass is 9.89. The maximum Gasteiger partial charge on any atom is 0.332 e. The number of hydrogen-bond acceptors (Lipinski definition) is 2. The molecule has 0 spiro atoms. The van der Waals surface area contributed by atoms with Crippen molar-refractivity contribution < 1.29 is 14.7 Å². The zero-order chi connectivity index (χ0) is 15.5. The van der Waals surface area contributed by atoms with Crippen molar-refractivity contribution in [1.29, 1.82) is 0 Å². The third-order valence-electron chi connectivity index (χ3n) is 3.51. The summed E-state index contributed by atoms with van der Waals surface area (Å²) in [5, 5.41) is 9.28. The zero-order valence-corrected chi connectivity index (χ0v) is 13.3. The van der Waals surface area contributed by atoms with Crippen molar-refractivity contribution in [2.24, 2.45) is 5.41 Å². The molecule has 0 bridgehead atoms. The first-order chi connectivity index (χ1) is 9.13. The van der Waals surface area contributed by atoms with Crippen LogP contribution in [0.4, 0.5) is 0 Å². The summed E-state index contributed by atoms with van der Waals surface area (Å²) < 4.78 is 0. The molecular formula is C16H27NO3. The van der Waals surface area contributed by atoms with Crippen LogP contribution < -0.4 is 0 Å².